The Bertz CT molecular complexity index is 1150. The molecule has 3 heterocycles. The van der Waals surface area contributed by atoms with E-state index in [9.17, 15) is 9.59 Å². The van der Waals surface area contributed by atoms with Gasteiger partial charge in [-0.05, 0) is 24.3 Å². The fraction of sp³-hybridized carbons (Fsp3) is 0.280. The Morgan fingerprint density at radius 3 is 2.39 bits per heavy atom. The lowest BCUT2D eigenvalue weighted by molar-refractivity contribution is -0.136. The van der Waals surface area contributed by atoms with Crippen LogP contribution in [0.25, 0.3) is 11.3 Å². The van der Waals surface area contributed by atoms with Crippen molar-refractivity contribution in [3.63, 3.8) is 0 Å². The van der Waals surface area contributed by atoms with Crippen molar-refractivity contribution in [1.29, 1.82) is 0 Å². The molecule has 7 nitrogen and oxygen atoms in total. The van der Waals surface area contributed by atoms with Crippen LogP contribution in [0.1, 0.15) is 6.42 Å². The number of benzene rings is 2. The van der Waals surface area contributed by atoms with Crippen LogP contribution in [0.2, 0.25) is 5.02 Å². The standard InChI is InChI=1S/C25H24ClN5O2/c26-20-6-8-21(9-7-20)31-16-19(14-24(31)32)25(33)30-12-10-29(11-13-30)23-15-22(27-17-28-23)18-4-2-1-3-5-18/h1-9,15,17,19H,10-14,16H2. The minimum atomic E-state index is -0.316. The predicted octanol–water partition coefficient (Wildman–Crippen LogP) is 3.50. The minimum Gasteiger partial charge on any atom is -0.353 e. The van der Waals surface area contributed by atoms with Gasteiger partial charge in [-0.25, -0.2) is 9.97 Å². The molecule has 1 aromatic heterocycles. The first-order chi connectivity index (χ1) is 16.1. The SMILES string of the molecule is O=C(C1CC(=O)N(c2ccc(Cl)cc2)C1)N1CCN(c2cc(-c3ccccc3)ncn2)CC1. The maximum atomic E-state index is 13.1. The molecule has 1 atom stereocenters. The lowest BCUT2D eigenvalue weighted by atomic mass is 10.1. The summed E-state index contributed by atoms with van der Waals surface area (Å²) in [6, 6.07) is 19.2. The summed E-state index contributed by atoms with van der Waals surface area (Å²) in [6.07, 6.45) is 1.83. The number of rotatable bonds is 4. The van der Waals surface area contributed by atoms with Crippen LogP contribution in [0.15, 0.2) is 67.0 Å². The summed E-state index contributed by atoms with van der Waals surface area (Å²) >= 11 is 5.96. The van der Waals surface area contributed by atoms with Crippen molar-refractivity contribution in [3.8, 4) is 11.3 Å². The average molecular weight is 462 g/mol. The van der Waals surface area contributed by atoms with E-state index in [1.807, 2.05) is 53.4 Å². The second-order valence-corrected chi connectivity index (χ2v) is 8.76. The second kappa shape index (κ2) is 9.19. The molecular formula is C25H24ClN5O2. The Labute approximate surface area is 197 Å². The van der Waals surface area contributed by atoms with E-state index >= 15 is 0 Å². The fourth-order valence-corrected chi connectivity index (χ4v) is 4.57. The Balaban J connectivity index is 1.21. The summed E-state index contributed by atoms with van der Waals surface area (Å²) in [5, 5.41) is 0.621. The lowest BCUT2D eigenvalue weighted by Gasteiger charge is -2.36. The lowest BCUT2D eigenvalue weighted by Crippen LogP contribution is -2.51. The highest BCUT2D eigenvalue weighted by Gasteiger charge is 2.38. The van der Waals surface area contributed by atoms with Crippen LogP contribution < -0.4 is 9.80 Å². The highest BCUT2D eigenvalue weighted by Crippen LogP contribution is 2.28. The highest BCUT2D eigenvalue weighted by molar-refractivity contribution is 6.30. The molecule has 2 aliphatic heterocycles. The molecule has 0 bridgehead atoms. The number of hydrogen-bond acceptors (Lipinski definition) is 5. The van der Waals surface area contributed by atoms with Gasteiger partial charge in [-0.1, -0.05) is 41.9 Å². The Kier molecular flexibility index (Phi) is 5.96. The molecule has 33 heavy (non-hydrogen) atoms. The summed E-state index contributed by atoms with van der Waals surface area (Å²) in [7, 11) is 0. The summed E-state index contributed by atoms with van der Waals surface area (Å²) in [4.78, 5) is 40.3. The first-order valence-corrected chi connectivity index (χ1v) is 11.4. The molecule has 0 saturated carbocycles. The zero-order chi connectivity index (χ0) is 22.8. The third kappa shape index (κ3) is 4.54. The van der Waals surface area contributed by atoms with Crippen molar-refractivity contribution in [2.45, 2.75) is 6.42 Å². The van der Waals surface area contributed by atoms with Gasteiger partial charge in [-0.15, -0.1) is 0 Å². The van der Waals surface area contributed by atoms with E-state index < -0.39 is 0 Å². The van der Waals surface area contributed by atoms with Gasteiger partial charge in [0.1, 0.15) is 12.1 Å². The van der Waals surface area contributed by atoms with Crippen molar-refractivity contribution >= 4 is 34.9 Å². The molecule has 2 saturated heterocycles. The molecule has 2 aromatic carbocycles. The molecule has 168 valence electrons. The Morgan fingerprint density at radius 1 is 0.939 bits per heavy atom. The van der Waals surface area contributed by atoms with E-state index in [1.165, 1.54) is 0 Å². The molecular weight excluding hydrogens is 438 g/mol. The van der Waals surface area contributed by atoms with E-state index in [1.54, 1.807) is 23.4 Å². The maximum absolute atomic E-state index is 13.1. The number of halogens is 1. The maximum Gasteiger partial charge on any atom is 0.228 e. The van der Waals surface area contributed by atoms with Crippen LogP contribution in [0.4, 0.5) is 11.5 Å². The van der Waals surface area contributed by atoms with Gasteiger partial charge < -0.3 is 14.7 Å². The largest absolute Gasteiger partial charge is 0.353 e. The number of hydrogen-bond donors (Lipinski definition) is 0. The third-order valence-electron chi connectivity index (χ3n) is 6.25. The van der Waals surface area contributed by atoms with Gasteiger partial charge in [0.15, 0.2) is 0 Å². The van der Waals surface area contributed by atoms with Gasteiger partial charge in [0.2, 0.25) is 11.8 Å². The smallest absolute Gasteiger partial charge is 0.228 e. The second-order valence-electron chi connectivity index (χ2n) is 8.32. The molecule has 2 amide bonds. The fourth-order valence-electron chi connectivity index (χ4n) is 4.44. The van der Waals surface area contributed by atoms with E-state index in [0.717, 1.165) is 22.8 Å². The van der Waals surface area contributed by atoms with E-state index in [-0.39, 0.29) is 24.2 Å². The average Bonchev–Trinajstić information content (AvgIpc) is 3.26. The van der Waals surface area contributed by atoms with Crippen molar-refractivity contribution < 1.29 is 9.59 Å². The number of carbonyl (C=O) groups is 2. The van der Waals surface area contributed by atoms with Gasteiger partial charge >= 0.3 is 0 Å². The summed E-state index contributed by atoms with van der Waals surface area (Å²) in [5.41, 5.74) is 2.71. The van der Waals surface area contributed by atoms with Crippen LogP contribution >= 0.6 is 11.6 Å². The predicted molar refractivity (Wildman–Crippen MR) is 128 cm³/mol. The number of anilines is 2. The van der Waals surface area contributed by atoms with E-state index in [2.05, 4.69) is 14.9 Å². The molecule has 0 N–H and O–H groups in total. The first-order valence-electron chi connectivity index (χ1n) is 11.1. The van der Waals surface area contributed by atoms with Crippen LogP contribution in [0.5, 0.6) is 0 Å². The quantitative estimate of drug-likeness (QED) is 0.594. The van der Waals surface area contributed by atoms with Crippen molar-refractivity contribution in [1.82, 2.24) is 14.9 Å². The van der Waals surface area contributed by atoms with Gasteiger partial charge in [0.25, 0.3) is 0 Å². The molecule has 3 aromatic rings. The molecule has 0 spiro atoms. The third-order valence-corrected chi connectivity index (χ3v) is 6.50. The van der Waals surface area contributed by atoms with Crippen LogP contribution in [-0.2, 0) is 9.59 Å². The minimum absolute atomic E-state index is 0.0243. The first kappa shape index (κ1) is 21.4. The molecule has 1 unspecified atom stereocenters. The number of nitrogens with zero attached hydrogens (tertiary/aromatic N) is 5. The number of carbonyl (C=O) groups excluding carboxylic acids is 2. The van der Waals surface area contributed by atoms with Crippen molar-refractivity contribution in [3.05, 3.63) is 72.0 Å². The van der Waals surface area contributed by atoms with Gasteiger partial charge in [0.05, 0.1) is 11.6 Å². The highest BCUT2D eigenvalue weighted by atomic mass is 35.5. The molecule has 5 rings (SSSR count). The monoisotopic (exact) mass is 461 g/mol. The summed E-state index contributed by atoms with van der Waals surface area (Å²) < 4.78 is 0. The van der Waals surface area contributed by atoms with E-state index in [0.29, 0.717) is 37.7 Å². The number of aromatic nitrogens is 2. The molecule has 2 fully saturated rings. The topological polar surface area (TPSA) is 69.6 Å². The zero-order valence-electron chi connectivity index (χ0n) is 18.1. The van der Waals surface area contributed by atoms with E-state index in [4.69, 9.17) is 11.6 Å². The van der Waals surface area contributed by atoms with Crippen molar-refractivity contribution in [2.24, 2.45) is 5.92 Å². The zero-order valence-corrected chi connectivity index (χ0v) is 18.9. The normalized spacial score (nSPS) is 18.6. The Morgan fingerprint density at radius 2 is 1.67 bits per heavy atom. The number of piperazine rings is 1. The molecule has 0 radical (unpaired) electrons. The number of amides is 2. The summed E-state index contributed by atoms with van der Waals surface area (Å²) in [5.74, 6) is 0.570. The Hall–Kier alpha value is -3.45. The molecule has 8 heteroatoms. The van der Waals surface area contributed by atoms with Crippen LogP contribution in [-0.4, -0.2) is 59.4 Å². The summed E-state index contributed by atoms with van der Waals surface area (Å²) in [6.45, 7) is 3.01. The van der Waals surface area contributed by atoms with Crippen molar-refractivity contribution in [2.75, 3.05) is 42.5 Å². The van der Waals surface area contributed by atoms with Gasteiger partial charge in [-0.2, -0.15) is 0 Å². The van der Waals surface area contributed by atoms with Crippen LogP contribution in [0.3, 0.4) is 0 Å². The van der Waals surface area contributed by atoms with Gasteiger partial charge in [-0.3, -0.25) is 9.59 Å². The van der Waals surface area contributed by atoms with Crippen LogP contribution in [0, 0.1) is 5.92 Å². The molecule has 2 aliphatic rings. The molecule has 0 aliphatic carbocycles. The van der Waals surface area contributed by atoms with Gasteiger partial charge in [0, 0.05) is 61.5 Å².